The Morgan fingerprint density at radius 2 is 2.07 bits per heavy atom. The number of aromatic nitrogens is 1. The van der Waals surface area contributed by atoms with Crippen LogP contribution in [0, 0.1) is 0 Å². The molecule has 0 saturated carbocycles. The van der Waals surface area contributed by atoms with E-state index < -0.39 is 10.0 Å². The molecule has 0 fully saturated rings. The van der Waals surface area contributed by atoms with E-state index in [1.54, 1.807) is 24.3 Å². The molecule has 146 valence electrons. The molecule has 0 bridgehead atoms. The first kappa shape index (κ1) is 19.6. The number of urea groups is 1. The van der Waals surface area contributed by atoms with Gasteiger partial charge in [-0.05, 0) is 26.0 Å². The number of amides is 2. The standard InChI is InChI=1S/C17H22N4O4S2/c1-11(2)18-16(22)20-17-19-12-8-9-21(10-14(12)26-17)27(23,24)15-7-5-4-6-13(15)25-3/h4-7,11H,8-10H2,1-3H3,(H2,18,19,20,22). The van der Waals surface area contributed by atoms with Gasteiger partial charge in [-0.2, -0.15) is 4.31 Å². The van der Waals surface area contributed by atoms with Gasteiger partial charge in [-0.15, -0.1) is 0 Å². The first-order chi connectivity index (χ1) is 12.8. The molecule has 2 aromatic rings. The van der Waals surface area contributed by atoms with Gasteiger partial charge >= 0.3 is 6.03 Å². The van der Waals surface area contributed by atoms with Gasteiger partial charge in [-0.3, -0.25) is 5.32 Å². The molecule has 2 heterocycles. The Morgan fingerprint density at radius 3 is 2.78 bits per heavy atom. The van der Waals surface area contributed by atoms with Crippen molar-refractivity contribution in [2.24, 2.45) is 0 Å². The number of carbonyl (C=O) groups is 1. The van der Waals surface area contributed by atoms with Gasteiger partial charge in [0.25, 0.3) is 0 Å². The molecule has 10 heteroatoms. The van der Waals surface area contributed by atoms with Crippen LogP contribution in [0.15, 0.2) is 29.2 Å². The molecule has 2 N–H and O–H groups in total. The van der Waals surface area contributed by atoms with Crippen LogP contribution in [0.4, 0.5) is 9.93 Å². The molecule has 1 aliphatic rings. The first-order valence-corrected chi connectivity index (χ1v) is 10.8. The zero-order valence-electron chi connectivity index (χ0n) is 15.4. The van der Waals surface area contributed by atoms with Crippen molar-refractivity contribution < 1.29 is 17.9 Å². The number of thiazole rings is 1. The van der Waals surface area contributed by atoms with Gasteiger partial charge in [0.1, 0.15) is 10.6 Å². The summed E-state index contributed by atoms with van der Waals surface area (Å²) in [5, 5.41) is 5.91. The van der Waals surface area contributed by atoms with Gasteiger partial charge in [0.2, 0.25) is 10.0 Å². The largest absolute Gasteiger partial charge is 0.495 e. The zero-order chi connectivity index (χ0) is 19.6. The van der Waals surface area contributed by atoms with Crippen molar-refractivity contribution in [1.29, 1.82) is 0 Å². The molecular weight excluding hydrogens is 388 g/mol. The maximum absolute atomic E-state index is 13.0. The molecule has 3 rings (SSSR count). The predicted molar refractivity (Wildman–Crippen MR) is 104 cm³/mol. The van der Waals surface area contributed by atoms with Crippen molar-refractivity contribution in [1.82, 2.24) is 14.6 Å². The van der Waals surface area contributed by atoms with Gasteiger partial charge < -0.3 is 10.1 Å². The third-order valence-electron chi connectivity index (χ3n) is 4.02. The summed E-state index contributed by atoms with van der Waals surface area (Å²) in [7, 11) is -2.24. The first-order valence-electron chi connectivity index (χ1n) is 8.50. The number of hydrogen-bond acceptors (Lipinski definition) is 6. The third kappa shape index (κ3) is 4.23. The van der Waals surface area contributed by atoms with E-state index >= 15 is 0 Å². The van der Waals surface area contributed by atoms with Crippen LogP contribution in [0.25, 0.3) is 0 Å². The van der Waals surface area contributed by atoms with Gasteiger partial charge in [0, 0.05) is 23.9 Å². The minimum atomic E-state index is -3.69. The summed E-state index contributed by atoms with van der Waals surface area (Å²) in [6.07, 6.45) is 0.494. The van der Waals surface area contributed by atoms with Crippen LogP contribution < -0.4 is 15.4 Å². The lowest BCUT2D eigenvalue weighted by Crippen LogP contribution is -2.35. The quantitative estimate of drug-likeness (QED) is 0.788. The highest BCUT2D eigenvalue weighted by molar-refractivity contribution is 7.89. The maximum Gasteiger partial charge on any atom is 0.321 e. The van der Waals surface area contributed by atoms with Crippen LogP contribution in [0.1, 0.15) is 24.4 Å². The molecule has 1 aromatic heterocycles. The SMILES string of the molecule is COc1ccccc1S(=O)(=O)N1CCc2nc(NC(=O)NC(C)C)sc2C1. The summed E-state index contributed by atoms with van der Waals surface area (Å²) >= 11 is 1.30. The molecule has 8 nitrogen and oxygen atoms in total. The number of nitrogens with one attached hydrogen (secondary N) is 2. The highest BCUT2D eigenvalue weighted by Gasteiger charge is 2.32. The monoisotopic (exact) mass is 410 g/mol. The molecule has 1 aliphatic heterocycles. The average molecular weight is 411 g/mol. The van der Waals surface area contributed by atoms with E-state index in [0.29, 0.717) is 23.8 Å². The number of fused-ring (bicyclic) bond motifs is 1. The van der Waals surface area contributed by atoms with E-state index in [-0.39, 0.29) is 23.5 Å². The van der Waals surface area contributed by atoms with Crippen LogP contribution in [0.2, 0.25) is 0 Å². The van der Waals surface area contributed by atoms with Crippen LogP contribution >= 0.6 is 11.3 Å². The van der Waals surface area contributed by atoms with Gasteiger partial charge in [-0.25, -0.2) is 18.2 Å². The molecule has 2 amide bonds. The molecule has 0 radical (unpaired) electrons. The van der Waals surface area contributed by atoms with Crippen molar-refractivity contribution in [3.05, 3.63) is 34.8 Å². The number of hydrogen-bond donors (Lipinski definition) is 2. The Kier molecular flexibility index (Phi) is 5.68. The number of rotatable bonds is 5. The highest BCUT2D eigenvalue weighted by Crippen LogP contribution is 2.33. The predicted octanol–water partition coefficient (Wildman–Crippen LogP) is 2.43. The molecule has 27 heavy (non-hydrogen) atoms. The van der Waals surface area contributed by atoms with E-state index in [2.05, 4.69) is 15.6 Å². The lowest BCUT2D eigenvalue weighted by atomic mass is 10.2. The zero-order valence-corrected chi connectivity index (χ0v) is 17.0. The van der Waals surface area contributed by atoms with E-state index in [0.717, 1.165) is 10.6 Å². The molecule has 1 aromatic carbocycles. The topological polar surface area (TPSA) is 101 Å². The Bertz CT molecular complexity index is 940. The van der Waals surface area contributed by atoms with E-state index in [9.17, 15) is 13.2 Å². The van der Waals surface area contributed by atoms with E-state index in [1.165, 1.54) is 22.8 Å². The summed E-state index contributed by atoms with van der Waals surface area (Å²) in [5.41, 5.74) is 0.825. The van der Waals surface area contributed by atoms with Crippen molar-refractivity contribution in [3.8, 4) is 5.75 Å². The number of ether oxygens (including phenoxy) is 1. The normalized spacial score (nSPS) is 14.7. The summed E-state index contributed by atoms with van der Waals surface area (Å²) in [5.74, 6) is 0.320. The second kappa shape index (κ2) is 7.83. The fourth-order valence-corrected chi connectivity index (χ4v) is 5.46. The highest BCUT2D eigenvalue weighted by atomic mass is 32.2. The lowest BCUT2D eigenvalue weighted by Gasteiger charge is -2.26. The Balaban J connectivity index is 1.79. The van der Waals surface area contributed by atoms with Gasteiger partial charge in [-0.1, -0.05) is 23.5 Å². The van der Waals surface area contributed by atoms with Crippen LogP contribution in [0.5, 0.6) is 5.75 Å². The number of nitrogens with zero attached hydrogens (tertiary/aromatic N) is 2. The van der Waals surface area contributed by atoms with Crippen molar-refractivity contribution in [2.45, 2.75) is 37.8 Å². The molecule has 0 aliphatic carbocycles. The van der Waals surface area contributed by atoms with Crippen molar-refractivity contribution >= 4 is 32.5 Å². The number of sulfonamides is 1. The van der Waals surface area contributed by atoms with Crippen LogP contribution in [0.3, 0.4) is 0 Å². The Morgan fingerprint density at radius 1 is 1.33 bits per heavy atom. The van der Waals surface area contributed by atoms with E-state index in [1.807, 2.05) is 13.8 Å². The molecule has 0 unspecified atom stereocenters. The number of para-hydroxylation sites is 1. The van der Waals surface area contributed by atoms with Crippen molar-refractivity contribution in [3.63, 3.8) is 0 Å². The fraction of sp³-hybridized carbons (Fsp3) is 0.412. The Hall–Kier alpha value is -2.17. The number of anilines is 1. The molecule has 0 saturated heterocycles. The number of carbonyl (C=O) groups excluding carboxylic acids is 1. The molecule has 0 atom stereocenters. The molecule has 0 spiro atoms. The smallest absolute Gasteiger partial charge is 0.321 e. The van der Waals surface area contributed by atoms with Gasteiger partial charge in [0.15, 0.2) is 5.13 Å². The fourth-order valence-electron chi connectivity index (χ4n) is 2.80. The van der Waals surface area contributed by atoms with Crippen LogP contribution in [-0.4, -0.2) is 43.4 Å². The second-order valence-electron chi connectivity index (χ2n) is 6.38. The van der Waals surface area contributed by atoms with Gasteiger partial charge in [0.05, 0.1) is 19.3 Å². The minimum absolute atomic E-state index is 0.0149. The lowest BCUT2D eigenvalue weighted by molar-refractivity contribution is 0.250. The number of methoxy groups -OCH3 is 1. The van der Waals surface area contributed by atoms with Crippen molar-refractivity contribution in [2.75, 3.05) is 19.0 Å². The van der Waals surface area contributed by atoms with E-state index in [4.69, 9.17) is 4.74 Å². The third-order valence-corrected chi connectivity index (χ3v) is 6.91. The Labute approximate surface area is 162 Å². The number of benzene rings is 1. The summed E-state index contributed by atoms with van der Waals surface area (Å²) in [6.45, 7) is 4.29. The molecular formula is C17H22N4O4S2. The minimum Gasteiger partial charge on any atom is -0.495 e. The second-order valence-corrected chi connectivity index (χ2v) is 9.37. The average Bonchev–Trinajstić information content (AvgIpc) is 3.02. The van der Waals surface area contributed by atoms with Crippen LogP contribution in [-0.2, 0) is 23.0 Å². The summed E-state index contributed by atoms with van der Waals surface area (Å²) in [4.78, 5) is 17.2. The maximum atomic E-state index is 13.0. The summed E-state index contributed by atoms with van der Waals surface area (Å²) in [6, 6.07) is 6.27. The summed E-state index contributed by atoms with van der Waals surface area (Å²) < 4.78 is 32.7.